The summed E-state index contributed by atoms with van der Waals surface area (Å²) in [5, 5.41) is 9.28. The van der Waals surface area contributed by atoms with E-state index in [1.165, 1.54) is 0 Å². The van der Waals surface area contributed by atoms with Crippen LogP contribution in [-0.4, -0.2) is 16.7 Å². The normalized spacial score (nSPS) is 14.1. The quantitative estimate of drug-likeness (QED) is 0.717. The Bertz CT molecular complexity index is 361. The van der Waals surface area contributed by atoms with E-state index < -0.39 is 11.6 Å². The van der Waals surface area contributed by atoms with Crippen molar-refractivity contribution in [2.24, 2.45) is 0 Å². The Morgan fingerprint density at radius 3 is 2.50 bits per heavy atom. The molecule has 0 heterocycles. The lowest BCUT2D eigenvalue weighted by Crippen LogP contribution is -2.38. The van der Waals surface area contributed by atoms with E-state index in [1.54, 1.807) is 6.92 Å². The zero-order chi connectivity index (χ0) is 13.4. The summed E-state index contributed by atoms with van der Waals surface area (Å²) in [6.45, 7) is 4.10. The second kappa shape index (κ2) is 7.17. The highest BCUT2D eigenvalue weighted by Gasteiger charge is 2.33. The molecule has 0 bridgehead atoms. The van der Waals surface area contributed by atoms with E-state index in [-0.39, 0.29) is 0 Å². The fraction of sp³-hybridized carbons (Fsp3) is 0.533. The summed E-state index contributed by atoms with van der Waals surface area (Å²) in [6.07, 6.45) is 3.56. The molecule has 3 nitrogen and oxygen atoms in total. The molecule has 18 heavy (non-hydrogen) atoms. The van der Waals surface area contributed by atoms with Gasteiger partial charge in [0.1, 0.15) is 0 Å². The second-order valence-corrected chi connectivity index (χ2v) is 4.77. The van der Waals surface area contributed by atoms with Crippen LogP contribution in [0.2, 0.25) is 0 Å². The zero-order valence-electron chi connectivity index (χ0n) is 11.2. The third-order valence-electron chi connectivity index (χ3n) is 3.11. The van der Waals surface area contributed by atoms with Crippen LogP contribution in [0.5, 0.6) is 0 Å². The van der Waals surface area contributed by atoms with Crippen LogP contribution in [0.4, 0.5) is 0 Å². The molecule has 1 rings (SSSR count). The highest BCUT2D eigenvalue weighted by Crippen LogP contribution is 2.21. The number of carboxylic acid groups (broad SMARTS) is 1. The summed E-state index contributed by atoms with van der Waals surface area (Å²) in [4.78, 5) is 11.3. The van der Waals surface area contributed by atoms with Crippen LogP contribution in [0, 0.1) is 0 Å². The minimum atomic E-state index is -1.08. The Hall–Kier alpha value is -1.35. The van der Waals surface area contributed by atoms with Crippen molar-refractivity contribution in [1.82, 2.24) is 0 Å². The first-order valence-corrected chi connectivity index (χ1v) is 6.50. The summed E-state index contributed by atoms with van der Waals surface area (Å²) in [5.74, 6) is -0.880. The number of hydrogen-bond acceptors (Lipinski definition) is 2. The van der Waals surface area contributed by atoms with Gasteiger partial charge in [0.15, 0.2) is 5.60 Å². The molecule has 0 saturated heterocycles. The molecule has 3 heteroatoms. The molecule has 0 aromatic heterocycles. The predicted molar refractivity (Wildman–Crippen MR) is 71.4 cm³/mol. The van der Waals surface area contributed by atoms with Crippen molar-refractivity contribution in [3.63, 3.8) is 0 Å². The van der Waals surface area contributed by atoms with Crippen LogP contribution in [0.15, 0.2) is 30.3 Å². The standard InChI is InChI=1S/C15H22O3/c1-3-4-8-11-15(2,14(16)17)18-12-13-9-6-5-7-10-13/h5-7,9-10H,3-4,8,11-12H2,1-2H3,(H,16,17). The first kappa shape index (κ1) is 14.7. The third kappa shape index (κ3) is 4.49. The number of carboxylic acids is 1. The van der Waals surface area contributed by atoms with Crippen LogP contribution in [0.3, 0.4) is 0 Å². The first-order valence-electron chi connectivity index (χ1n) is 6.50. The molecule has 1 aromatic carbocycles. The minimum Gasteiger partial charge on any atom is -0.479 e. The Kier molecular flexibility index (Phi) is 5.86. The maximum atomic E-state index is 11.3. The molecular formula is C15H22O3. The fourth-order valence-corrected chi connectivity index (χ4v) is 1.77. The summed E-state index contributed by atoms with van der Waals surface area (Å²) in [5.41, 5.74) is -0.0779. The Balaban J connectivity index is 2.54. The van der Waals surface area contributed by atoms with E-state index in [1.807, 2.05) is 30.3 Å². The van der Waals surface area contributed by atoms with Gasteiger partial charge < -0.3 is 9.84 Å². The number of benzene rings is 1. The van der Waals surface area contributed by atoms with Crippen molar-refractivity contribution in [1.29, 1.82) is 0 Å². The predicted octanol–water partition coefficient (Wildman–Crippen LogP) is 3.63. The van der Waals surface area contributed by atoms with E-state index in [0.717, 1.165) is 24.8 Å². The van der Waals surface area contributed by atoms with Gasteiger partial charge in [-0.2, -0.15) is 0 Å². The summed E-state index contributed by atoms with van der Waals surface area (Å²) < 4.78 is 5.62. The molecule has 100 valence electrons. The summed E-state index contributed by atoms with van der Waals surface area (Å²) >= 11 is 0. The van der Waals surface area contributed by atoms with Gasteiger partial charge >= 0.3 is 5.97 Å². The lowest BCUT2D eigenvalue weighted by atomic mass is 9.98. The Labute approximate surface area is 109 Å². The van der Waals surface area contributed by atoms with Crippen molar-refractivity contribution in [2.45, 2.75) is 51.7 Å². The van der Waals surface area contributed by atoms with E-state index in [9.17, 15) is 9.90 Å². The van der Waals surface area contributed by atoms with E-state index >= 15 is 0 Å². The number of carbonyl (C=O) groups is 1. The van der Waals surface area contributed by atoms with Gasteiger partial charge in [-0.15, -0.1) is 0 Å². The largest absolute Gasteiger partial charge is 0.479 e. The van der Waals surface area contributed by atoms with Crippen LogP contribution in [0.25, 0.3) is 0 Å². The van der Waals surface area contributed by atoms with Crippen LogP contribution < -0.4 is 0 Å². The van der Waals surface area contributed by atoms with Gasteiger partial charge in [0, 0.05) is 0 Å². The van der Waals surface area contributed by atoms with Gasteiger partial charge in [0.2, 0.25) is 0 Å². The molecule has 1 N–H and O–H groups in total. The minimum absolute atomic E-state index is 0.343. The van der Waals surface area contributed by atoms with Gasteiger partial charge in [0.05, 0.1) is 6.61 Å². The van der Waals surface area contributed by atoms with Crippen LogP contribution in [0.1, 0.15) is 45.1 Å². The van der Waals surface area contributed by atoms with Gasteiger partial charge in [0.25, 0.3) is 0 Å². The lowest BCUT2D eigenvalue weighted by molar-refractivity contribution is -0.166. The topological polar surface area (TPSA) is 46.5 Å². The molecule has 1 aromatic rings. The van der Waals surface area contributed by atoms with E-state index in [4.69, 9.17) is 4.74 Å². The summed E-state index contributed by atoms with van der Waals surface area (Å²) in [6, 6.07) is 9.66. The number of unbranched alkanes of at least 4 members (excludes halogenated alkanes) is 2. The molecule has 0 aliphatic rings. The average Bonchev–Trinajstić information content (AvgIpc) is 2.38. The van der Waals surface area contributed by atoms with Crippen molar-refractivity contribution in [2.75, 3.05) is 0 Å². The number of aliphatic carboxylic acids is 1. The van der Waals surface area contributed by atoms with Crippen molar-refractivity contribution >= 4 is 5.97 Å². The average molecular weight is 250 g/mol. The molecule has 1 atom stereocenters. The first-order chi connectivity index (χ1) is 8.58. The summed E-state index contributed by atoms with van der Waals surface area (Å²) in [7, 11) is 0. The van der Waals surface area contributed by atoms with Gasteiger partial charge in [-0.1, -0.05) is 50.1 Å². The maximum absolute atomic E-state index is 11.3. The van der Waals surface area contributed by atoms with Crippen molar-refractivity contribution < 1.29 is 14.6 Å². The van der Waals surface area contributed by atoms with E-state index in [2.05, 4.69) is 6.92 Å². The molecular weight excluding hydrogens is 228 g/mol. The Morgan fingerprint density at radius 1 is 1.28 bits per heavy atom. The smallest absolute Gasteiger partial charge is 0.335 e. The van der Waals surface area contributed by atoms with Crippen LogP contribution in [-0.2, 0) is 16.1 Å². The number of ether oxygens (including phenoxy) is 1. The lowest BCUT2D eigenvalue weighted by Gasteiger charge is -2.25. The fourth-order valence-electron chi connectivity index (χ4n) is 1.77. The van der Waals surface area contributed by atoms with E-state index in [0.29, 0.717) is 13.0 Å². The Morgan fingerprint density at radius 2 is 1.94 bits per heavy atom. The molecule has 0 spiro atoms. The molecule has 0 aliphatic carbocycles. The molecule has 0 aliphatic heterocycles. The molecule has 0 fully saturated rings. The third-order valence-corrected chi connectivity index (χ3v) is 3.11. The van der Waals surface area contributed by atoms with Crippen molar-refractivity contribution in [3.05, 3.63) is 35.9 Å². The molecule has 0 amide bonds. The van der Waals surface area contributed by atoms with Gasteiger partial charge in [-0.05, 0) is 25.3 Å². The number of hydrogen-bond donors (Lipinski definition) is 1. The molecule has 1 unspecified atom stereocenters. The maximum Gasteiger partial charge on any atom is 0.335 e. The zero-order valence-corrected chi connectivity index (χ0v) is 11.2. The monoisotopic (exact) mass is 250 g/mol. The second-order valence-electron chi connectivity index (χ2n) is 4.77. The highest BCUT2D eigenvalue weighted by atomic mass is 16.5. The van der Waals surface area contributed by atoms with Crippen LogP contribution >= 0.6 is 0 Å². The highest BCUT2D eigenvalue weighted by molar-refractivity contribution is 5.76. The molecule has 0 saturated carbocycles. The van der Waals surface area contributed by atoms with Gasteiger partial charge in [-0.3, -0.25) is 0 Å². The SMILES string of the molecule is CCCCCC(C)(OCc1ccccc1)C(=O)O. The van der Waals surface area contributed by atoms with Crippen molar-refractivity contribution in [3.8, 4) is 0 Å². The number of rotatable bonds is 8. The molecule has 0 radical (unpaired) electrons. The van der Waals surface area contributed by atoms with Gasteiger partial charge in [-0.25, -0.2) is 4.79 Å².